The zero-order chi connectivity index (χ0) is 13.1. The van der Waals surface area contributed by atoms with Gasteiger partial charge in [-0.15, -0.1) is 11.8 Å². The Hall–Kier alpha value is -1.49. The van der Waals surface area contributed by atoms with Crippen LogP contribution in [-0.4, -0.2) is 34.0 Å². The first kappa shape index (κ1) is 13.0. The molecule has 0 bridgehead atoms. The summed E-state index contributed by atoms with van der Waals surface area (Å²) in [6.07, 6.45) is 0.643. The molecule has 1 saturated heterocycles. The summed E-state index contributed by atoms with van der Waals surface area (Å²) in [4.78, 5) is 22.6. The Morgan fingerprint density at radius 2 is 2.33 bits per heavy atom. The molecule has 0 saturated carbocycles. The molecule has 1 aliphatic rings. The second-order valence-corrected chi connectivity index (χ2v) is 5.65. The predicted octanol–water partition coefficient (Wildman–Crippen LogP) is 1.22. The predicted molar refractivity (Wildman–Crippen MR) is 70.7 cm³/mol. The summed E-state index contributed by atoms with van der Waals surface area (Å²) in [5.74, 6) is -0.720. The van der Waals surface area contributed by atoms with E-state index < -0.39 is 12.0 Å². The maximum atomic E-state index is 11.8. The van der Waals surface area contributed by atoms with Gasteiger partial charge in [-0.05, 0) is 18.9 Å². The van der Waals surface area contributed by atoms with Crippen molar-refractivity contribution in [2.24, 2.45) is 0 Å². The Balaban J connectivity index is 1.99. The third kappa shape index (κ3) is 3.04. The van der Waals surface area contributed by atoms with Gasteiger partial charge in [-0.25, -0.2) is 4.79 Å². The zero-order valence-electron chi connectivity index (χ0n) is 10.1. The monoisotopic (exact) mass is 265 g/mol. The van der Waals surface area contributed by atoms with E-state index in [1.54, 1.807) is 0 Å². The van der Waals surface area contributed by atoms with Crippen LogP contribution in [0.25, 0.3) is 0 Å². The summed E-state index contributed by atoms with van der Waals surface area (Å²) in [5, 5.41) is 11.2. The lowest BCUT2D eigenvalue weighted by Crippen LogP contribution is -2.51. The van der Waals surface area contributed by atoms with Crippen molar-refractivity contribution in [3.63, 3.8) is 0 Å². The van der Waals surface area contributed by atoms with Gasteiger partial charge in [0.15, 0.2) is 0 Å². The number of carbonyl (C=O) groups is 2. The Bertz CT molecular complexity index is 475. The maximum Gasteiger partial charge on any atom is 0.327 e. The molecule has 1 aromatic rings. The summed E-state index contributed by atoms with van der Waals surface area (Å²) >= 11 is 1.42. The van der Waals surface area contributed by atoms with E-state index in [2.05, 4.69) is 11.4 Å². The van der Waals surface area contributed by atoms with Gasteiger partial charge >= 0.3 is 5.97 Å². The number of rotatable bonds is 3. The number of hydrogen-bond acceptors (Lipinski definition) is 3. The highest BCUT2D eigenvalue weighted by Crippen LogP contribution is 2.22. The minimum atomic E-state index is -0.968. The van der Waals surface area contributed by atoms with E-state index in [0.717, 1.165) is 11.1 Å². The van der Waals surface area contributed by atoms with Crippen molar-refractivity contribution in [2.45, 2.75) is 24.6 Å². The first-order valence-corrected chi connectivity index (χ1v) is 6.81. The van der Waals surface area contributed by atoms with Gasteiger partial charge < -0.3 is 10.4 Å². The third-order valence-electron chi connectivity index (χ3n) is 2.87. The van der Waals surface area contributed by atoms with Gasteiger partial charge in [-0.2, -0.15) is 0 Å². The lowest BCUT2D eigenvalue weighted by atomic mass is 10.1. The molecule has 2 N–H and O–H groups in total. The van der Waals surface area contributed by atoms with E-state index >= 15 is 0 Å². The van der Waals surface area contributed by atoms with E-state index in [4.69, 9.17) is 5.11 Å². The van der Waals surface area contributed by atoms with Gasteiger partial charge in [0.2, 0.25) is 5.91 Å². The molecule has 1 aliphatic heterocycles. The number of thioether (sulfide) groups is 1. The Labute approximate surface area is 110 Å². The first-order chi connectivity index (χ1) is 8.56. The molecule has 1 heterocycles. The SMILES string of the molecule is Cc1cccc(C[C@@H]2SC[C@@H](C(=O)O)NC2=O)c1. The second-order valence-electron chi connectivity index (χ2n) is 4.41. The molecule has 0 aromatic heterocycles. The minimum Gasteiger partial charge on any atom is -0.480 e. The molecule has 4 nitrogen and oxygen atoms in total. The topological polar surface area (TPSA) is 66.4 Å². The highest BCUT2D eigenvalue weighted by molar-refractivity contribution is 8.00. The molecule has 1 aromatic carbocycles. The summed E-state index contributed by atoms with van der Waals surface area (Å²) < 4.78 is 0. The van der Waals surface area contributed by atoms with Gasteiger partial charge in [-0.3, -0.25) is 4.79 Å². The largest absolute Gasteiger partial charge is 0.480 e. The van der Waals surface area contributed by atoms with Crippen molar-refractivity contribution in [1.29, 1.82) is 0 Å². The van der Waals surface area contributed by atoms with Crippen LogP contribution in [0.3, 0.4) is 0 Å². The average molecular weight is 265 g/mol. The van der Waals surface area contributed by atoms with Gasteiger partial charge in [-0.1, -0.05) is 29.8 Å². The molecule has 0 unspecified atom stereocenters. The molecule has 1 fully saturated rings. The summed E-state index contributed by atoms with van der Waals surface area (Å²) in [5.41, 5.74) is 2.27. The molecule has 2 rings (SSSR count). The highest BCUT2D eigenvalue weighted by Gasteiger charge is 2.32. The van der Waals surface area contributed by atoms with Crippen molar-refractivity contribution in [3.05, 3.63) is 35.4 Å². The average Bonchev–Trinajstić information content (AvgIpc) is 2.31. The Kier molecular flexibility index (Phi) is 3.91. The fraction of sp³-hybridized carbons (Fsp3) is 0.385. The Morgan fingerprint density at radius 1 is 1.56 bits per heavy atom. The van der Waals surface area contributed by atoms with E-state index in [0.29, 0.717) is 12.2 Å². The van der Waals surface area contributed by atoms with Gasteiger partial charge in [0.1, 0.15) is 6.04 Å². The van der Waals surface area contributed by atoms with Crippen LogP contribution in [0, 0.1) is 6.92 Å². The van der Waals surface area contributed by atoms with E-state index in [1.165, 1.54) is 11.8 Å². The second kappa shape index (κ2) is 5.44. The number of carbonyl (C=O) groups excluding carboxylic acids is 1. The smallest absolute Gasteiger partial charge is 0.327 e. The normalized spacial score (nSPS) is 23.5. The van der Waals surface area contributed by atoms with Crippen molar-refractivity contribution < 1.29 is 14.7 Å². The molecule has 0 radical (unpaired) electrons. The van der Waals surface area contributed by atoms with Crippen LogP contribution in [-0.2, 0) is 16.0 Å². The third-order valence-corrected chi connectivity index (χ3v) is 4.18. The van der Waals surface area contributed by atoms with Crippen LogP contribution < -0.4 is 5.32 Å². The molecular weight excluding hydrogens is 250 g/mol. The molecule has 1 amide bonds. The molecule has 0 aliphatic carbocycles. The number of benzene rings is 1. The zero-order valence-corrected chi connectivity index (χ0v) is 10.9. The fourth-order valence-electron chi connectivity index (χ4n) is 1.93. The number of hydrogen-bond donors (Lipinski definition) is 2. The fourth-order valence-corrected chi connectivity index (χ4v) is 3.11. The standard InChI is InChI=1S/C13H15NO3S/c1-8-3-2-4-9(5-8)6-11-12(15)14-10(7-18-11)13(16)17/h2-5,10-11H,6-7H2,1H3,(H,14,15)(H,16,17)/t10-,11-/m0/s1. The Morgan fingerprint density at radius 3 is 2.94 bits per heavy atom. The van der Waals surface area contributed by atoms with Crippen LogP contribution in [0.4, 0.5) is 0 Å². The number of nitrogens with one attached hydrogen (secondary N) is 1. The van der Waals surface area contributed by atoms with Crippen LogP contribution in [0.1, 0.15) is 11.1 Å². The molecule has 0 spiro atoms. The maximum absolute atomic E-state index is 11.8. The van der Waals surface area contributed by atoms with Crippen LogP contribution in [0.2, 0.25) is 0 Å². The summed E-state index contributed by atoms with van der Waals surface area (Å²) in [6, 6.07) is 7.27. The molecule has 96 valence electrons. The number of carboxylic acids is 1. The van der Waals surface area contributed by atoms with Crippen LogP contribution in [0.15, 0.2) is 24.3 Å². The van der Waals surface area contributed by atoms with E-state index in [9.17, 15) is 9.59 Å². The molecular formula is C13H15NO3S. The molecule has 5 heteroatoms. The van der Waals surface area contributed by atoms with Crippen molar-refractivity contribution >= 4 is 23.6 Å². The summed E-state index contributed by atoms with van der Waals surface area (Å²) in [6.45, 7) is 2.01. The molecule has 18 heavy (non-hydrogen) atoms. The van der Waals surface area contributed by atoms with Crippen molar-refractivity contribution in [2.75, 3.05) is 5.75 Å². The van der Waals surface area contributed by atoms with E-state index in [-0.39, 0.29) is 11.2 Å². The lowest BCUT2D eigenvalue weighted by molar-refractivity contribution is -0.141. The number of aryl methyl sites for hydroxylation is 1. The number of carboxylic acid groups (broad SMARTS) is 1. The first-order valence-electron chi connectivity index (χ1n) is 5.76. The quantitative estimate of drug-likeness (QED) is 0.862. The summed E-state index contributed by atoms with van der Waals surface area (Å²) in [7, 11) is 0. The van der Waals surface area contributed by atoms with Gasteiger partial charge in [0.25, 0.3) is 0 Å². The van der Waals surface area contributed by atoms with Gasteiger partial charge in [0.05, 0.1) is 5.25 Å². The molecule has 2 atom stereocenters. The van der Waals surface area contributed by atoms with Crippen molar-refractivity contribution in [1.82, 2.24) is 5.32 Å². The number of amides is 1. The lowest BCUT2D eigenvalue weighted by Gasteiger charge is -2.26. The number of aliphatic carboxylic acids is 1. The van der Waals surface area contributed by atoms with E-state index in [1.807, 2.05) is 25.1 Å². The highest BCUT2D eigenvalue weighted by atomic mass is 32.2. The van der Waals surface area contributed by atoms with Crippen LogP contribution in [0.5, 0.6) is 0 Å². The van der Waals surface area contributed by atoms with Gasteiger partial charge in [0, 0.05) is 5.75 Å². The minimum absolute atomic E-state index is 0.180. The van der Waals surface area contributed by atoms with Crippen molar-refractivity contribution in [3.8, 4) is 0 Å². The van der Waals surface area contributed by atoms with Crippen LogP contribution >= 0.6 is 11.8 Å².